The van der Waals surface area contributed by atoms with E-state index in [9.17, 15) is 4.79 Å². The average Bonchev–Trinajstić information content (AvgIpc) is 3.37. The molecule has 1 amide bonds. The van der Waals surface area contributed by atoms with Gasteiger partial charge in [-0.2, -0.15) is 5.10 Å². The summed E-state index contributed by atoms with van der Waals surface area (Å²) in [6.07, 6.45) is 2.47. The fourth-order valence-electron chi connectivity index (χ4n) is 3.63. The molecule has 5 aromatic rings. The second kappa shape index (κ2) is 8.72. The van der Waals surface area contributed by atoms with Crippen LogP contribution in [0.15, 0.2) is 71.3 Å². The third kappa shape index (κ3) is 4.11. The van der Waals surface area contributed by atoms with Gasteiger partial charge in [-0.05, 0) is 48.0 Å². The van der Waals surface area contributed by atoms with E-state index >= 15 is 0 Å². The molecule has 0 spiro atoms. The molecular weight excluding hydrogens is 492 g/mol. The zero-order valence-corrected chi connectivity index (χ0v) is 19.2. The molecule has 0 unspecified atom stereocenters. The number of halogens is 2. The largest absolute Gasteiger partial charge is 0.350 e. The van der Waals surface area contributed by atoms with Gasteiger partial charge in [-0.1, -0.05) is 45.7 Å². The Morgan fingerprint density at radius 3 is 2.75 bits per heavy atom. The molecule has 0 aliphatic heterocycles. The highest BCUT2D eigenvalue weighted by Gasteiger charge is 2.18. The molecule has 0 aliphatic rings. The van der Waals surface area contributed by atoms with E-state index in [-0.39, 0.29) is 5.91 Å². The number of aromatic nitrogens is 5. The van der Waals surface area contributed by atoms with Crippen molar-refractivity contribution in [1.82, 2.24) is 29.7 Å². The molecule has 32 heavy (non-hydrogen) atoms. The van der Waals surface area contributed by atoms with Gasteiger partial charge < -0.3 is 5.32 Å². The van der Waals surface area contributed by atoms with Crippen LogP contribution in [-0.4, -0.2) is 36.8 Å². The molecule has 2 aromatic carbocycles. The van der Waals surface area contributed by atoms with Crippen molar-refractivity contribution in [1.29, 1.82) is 0 Å². The van der Waals surface area contributed by atoms with Crippen LogP contribution in [0.25, 0.3) is 16.6 Å². The summed E-state index contributed by atoms with van der Waals surface area (Å²) >= 11 is 9.52. The summed E-state index contributed by atoms with van der Waals surface area (Å²) in [5, 5.41) is 17.4. The van der Waals surface area contributed by atoms with Crippen LogP contribution in [0.2, 0.25) is 5.02 Å². The van der Waals surface area contributed by atoms with Crippen molar-refractivity contribution in [3.63, 3.8) is 0 Å². The monoisotopic (exact) mass is 508 g/mol. The standard InChI is InChI=1S/C23H18BrClN6O/c24-16-6-9-18-19(13-16)31(14-15-4-7-17(25)8-5-15)29-22(18)23(32)26-11-10-21-28-27-20-3-1-2-12-30(20)21/h1-9,12-13H,10-11,14H2,(H,26,32). The average molecular weight is 510 g/mol. The summed E-state index contributed by atoms with van der Waals surface area (Å²) in [6.45, 7) is 0.958. The van der Waals surface area contributed by atoms with Crippen molar-refractivity contribution in [2.75, 3.05) is 6.54 Å². The van der Waals surface area contributed by atoms with Crippen LogP contribution in [-0.2, 0) is 13.0 Å². The number of rotatable bonds is 6. The number of benzene rings is 2. The highest BCUT2D eigenvalue weighted by Crippen LogP contribution is 2.24. The van der Waals surface area contributed by atoms with E-state index in [1.165, 1.54) is 0 Å². The Bertz CT molecular complexity index is 1430. The molecule has 5 rings (SSSR count). The lowest BCUT2D eigenvalue weighted by molar-refractivity contribution is 0.0949. The number of pyridine rings is 1. The molecule has 0 saturated carbocycles. The Balaban J connectivity index is 1.36. The van der Waals surface area contributed by atoms with Crippen molar-refractivity contribution < 1.29 is 4.79 Å². The molecule has 0 aliphatic carbocycles. The van der Waals surface area contributed by atoms with Gasteiger partial charge >= 0.3 is 0 Å². The Hall–Kier alpha value is -3.23. The van der Waals surface area contributed by atoms with E-state index in [4.69, 9.17) is 11.6 Å². The molecular formula is C23H18BrClN6O. The predicted octanol–water partition coefficient (Wildman–Crippen LogP) is 4.52. The van der Waals surface area contributed by atoms with E-state index in [0.29, 0.717) is 30.2 Å². The summed E-state index contributed by atoms with van der Waals surface area (Å²) in [5.41, 5.74) is 3.10. The van der Waals surface area contributed by atoms with Gasteiger partial charge in [-0.25, -0.2) is 0 Å². The Morgan fingerprint density at radius 2 is 1.91 bits per heavy atom. The first-order valence-electron chi connectivity index (χ1n) is 10.1. The lowest BCUT2D eigenvalue weighted by Gasteiger charge is -2.04. The van der Waals surface area contributed by atoms with Gasteiger partial charge in [0, 0.05) is 34.0 Å². The van der Waals surface area contributed by atoms with Crippen LogP contribution in [0.5, 0.6) is 0 Å². The van der Waals surface area contributed by atoms with Gasteiger partial charge in [-0.3, -0.25) is 13.9 Å². The molecule has 9 heteroatoms. The molecule has 160 valence electrons. The number of carbonyl (C=O) groups is 1. The van der Waals surface area contributed by atoms with Crippen LogP contribution < -0.4 is 5.32 Å². The summed E-state index contributed by atoms with van der Waals surface area (Å²) in [5.74, 6) is 0.573. The molecule has 0 radical (unpaired) electrons. The maximum absolute atomic E-state index is 13.0. The van der Waals surface area contributed by atoms with Crippen LogP contribution in [0.3, 0.4) is 0 Å². The Kier molecular flexibility index (Phi) is 5.63. The third-order valence-electron chi connectivity index (χ3n) is 5.19. The first kappa shape index (κ1) is 20.7. The maximum Gasteiger partial charge on any atom is 0.272 e. The van der Waals surface area contributed by atoms with Crippen molar-refractivity contribution >= 4 is 50.0 Å². The zero-order valence-electron chi connectivity index (χ0n) is 16.9. The predicted molar refractivity (Wildman–Crippen MR) is 127 cm³/mol. The smallest absolute Gasteiger partial charge is 0.272 e. The van der Waals surface area contributed by atoms with Crippen molar-refractivity contribution in [3.05, 3.63) is 93.4 Å². The maximum atomic E-state index is 13.0. The number of nitrogens with zero attached hydrogens (tertiary/aromatic N) is 5. The molecule has 0 saturated heterocycles. The number of amides is 1. The summed E-state index contributed by atoms with van der Waals surface area (Å²) in [6, 6.07) is 19.1. The van der Waals surface area contributed by atoms with Crippen LogP contribution in [0.4, 0.5) is 0 Å². The third-order valence-corrected chi connectivity index (χ3v) is 5.94. The van der Waals surface area contributed by atoms with Crippen LogP contribution >= 0.6 is 27.5 Å². The summed E-state index contributed by atoms with van der Waals surface area (Å²) in [4.78, 5) is 13.0. The fraction of sp³-hybridized carbons (Fsp3) is 0.130. The molecule has 0 atom stereocenters. The van der Waals surface area contributed by atoms with Gasteiger partial charge in [0.25, 0.3) is 5.91 Å². The van der Waals surface area contributed by atoms with E-state index in [1.54, 1.807) is 0 Å². The zero-order chi connectivity index (χ0) is 22.1. The minimum atomic E-state index is -0.221. The fourth-order valence-corrected chi connectivity index (χ4v) is 4.11. The number of hydrogen-bond acceptors (Lipinski definition) is 4. The quantitative estimate of drug-likeness (QED) is 0.365. The van der Waals surface area contributed by atoms with Gasteiger partial charge in [0.05, 0.1) is 12.1 Å². The topological polar surface area (TPSA) is 77.1 Å². The number of nitrogens with one attached hydrogen (secondary N) is 1. The van der Waals surface area contributed by atoms with Gasteiger partial charge in [-0.15, -0.1) is 10.2 Å². The first-order chi connectivity index (χ1) is 15.6. The highest BCUT2D eigenvalue weighted by atomic mass is 79.9. The lowest BCUT2D eigenvalue weighted by atomic mass is 10.2. The Morgan fingerprint density at radius 1 is 1.06 bits per heavy atom. The number of hydrogen-bond donors (Lipinski definition) is 1. The molecule has 3 aromatic heterocycles. The number of fused-ring (bicyclic) bond motifs is 2. The van der Waals surface area contributed by atoms with Gasteiger partial charge in [0.2, 0.25) is 0 Å². The minimum absolute atomic E-state index is 0.221. The molecule has 3 heterocycles. The summed E-state index contributed by atoms with van der Waals surface area (Å²) in [7, 11) is 0. The molecule has 0 fully saturated rings. The van der Waals surface area contributed by atoms with Crippen molar-refractivity contribution in [2.45, 2.75) is 13.0 Å². The minimum Gasteiger partial charge on any atom is -0.350 e. The van der Waals surface area contributed by atoms with Crippen LogP contribution in [0, 0.1) is 0 Å². The van der Waals surface area contributed by atoms with E-state index in [1.807, 2.05) is 75.9 Å². The van der Waals surface area contributed by atoms with Gasteiger partial charge in [0.15, 0.2) is 11.3 Å². The highest BCUT2D eigenvalue weighted by molar-refractivity contribution is 9.10. The number of carbonyl (C=O) groups excluding carboxylic acids is 1. The van der Waals surface area contributed by atoms with Gasteiger partial charge in [0.1, 0.15) is 5.82 Å². The van der Waals surface area contributed by atoms with E-state index in [0.717, 1.165) is 32.4 Å². The summed E-state index contributed by atoms with van der Waals surface area (Å²) < 4.78 is 4.68. The van der Waals surface area contributed by atoms with Crippen molar-refractivity contribution in [2.24, 2.45) is 0 Å². The SMILES string of the molecule is O=C(NCCc1nnc2ccccn12)c1nn(Cc2ccc(Cl)cc2)c2cc(Br)ccc12. The van der Waals surface area contributed by atoms with E-state index in [2.05, 4.69) is 36.5 Å². The normalized spacial score (nSPS) is 11.3. The van der Waals surface area contributed by atoms with Crippen molar-refractivity contribution in [3.8, 4) is 0 Å². The molecule has 0 bridgehead atoms. The lowest BCUT2D eigenvalue weighted by Crippen LogP contribution is -2.27. The second-order valence-corrected chi connectivity index (χ2v) is 8.70. The molecule has 7 nitrogen and oxygen atoms in total. The van der Waals surface area contributed by atoms with Crippen LogP contribution in [0.1, 0.15) is 21.9 Å². The Labute approximate surface area is 197 Å². The first-order valence-corrected chi connectivity index (χ1v) is 11.2. The van der Waals surface area contributed by atoms with E-state index < -0.39 is 0 Å². The second-order valence-electron chi connectivity index (χ2n) is 7.35. The molecule has 1 N–H and O–H groups in total.